The third-order valence-corrected chi connectivity index (χ3v) is 3.35. The topological polar surface area (TPSA) is 64.9 Å². The van der Waals surface area contributed by atoms with Crippen molar-refractivity contribution in [3.8, 4) is 6.07 Å². The molecular weight excluding hydrogens is 340 g/mol. The van der Waals surface area contributed by atoms with E-state index in [1.165, 1.54) is 30.3 Å². The van der Waals surface area contributed by atoms with Gasteiger partial charge in [-0.3, -0.25) is 4.79 Å². The minimum Gasteiger partial charge on any atom is -0.358 e. The Bertz CT molecular complexity index is 815. The number of hydrogen-bond acceptors (Lipinski definition) is 3. The fourth-order valence-electron chi connectivity index (χ4n) is 1.66. The lowest BCUT2D eigenvalue weighted by Crippen LogP contribution is -2.15. The van der Waals surface area contributed by atoms with Crippen LogP contribution in [0.2, 0.25) is 10.0 Å². The molecule has 0 fully saturated rings. The predicted molar refractivity (Wildman–Crippen MR) is 88.8 cm³/mol. The maximum atomic E-state index is 13.5. The zero-order valence-corrected chi connectivity index (χ0v) is 13.1. The Hall–Kier alpha value is -2.55. The van der Waals surface area contributed by atoms with Crippen LogP contribution < -0.4 is 10.6 Å². The molecule has 0 saturated carbocycles. The molecule has 0 aliphatic rings. The van der Waals surface area contributed by atoms with Crippen molar-refractivity contribution < 1.29 is 9.18 Å². The maximum absolute atomic E-state index is 13.5. The van der Waals surface area contributed by atoms with E-state index in [2.05, 4.69) is 10.6 Å². The van der Waals surface area contributed by atoms with Crippen molar-refractivity contribution >= 4 is 40.5 Å². The largest absolute Gasteiger partial charge is 0.358 e. The van der Waals surface area contributed by atoms with Crippen molar-refractivity contribution in [2.75, 3.05) is 10.6 Å². The molecule has 0 unspecified atom stereocenters. The van der Waals surface area contributed by atoms with Crippen LogP contribution in [0.1, 0.15) is 0 Å². The summed E-state index contributed by atoms with van der Waals surface area (Å²) in [5.41, 5.74) is 0.175. The van der Waals surface area contributed by atoms with E-state index in [-0.39, 0.29) is 22.0 Å². The highest BCUT2D eigenvalue weighted by Gasteiger charge is 2.12. The molecule has 0 aromatic heterocycles. The number of carbonyl (C=O) groups excluding carboxylic acids is 1. The molecule has 2 rings (SSSR count). The molecule has 2 aromatic carbocycles. The standard InChI is InChI=1S/C16H10Cl2FN3O/c17-11-5-6-12(18)15(7-11)22-16(23)10(8-20)9-21-14-4-2-1-3-13(14)19/h1-7,9,21H,(H,22,23)/b10-9-. The van der Waals surface area contributed by atoms with Crippen LogP contribution in [0, 0.1) is 17.1 Å². The Labute approximate surface area is 142 Å². The van der Waals surface area contributed by atoms with Crippen molar-refractivity contribution in [2.45, 2.75) is 0 Å². The second kappa shape index (κ2) is 7.63. The summed E-state index contributed by atoms with van der Waals surface area (Å²) in [7, 11) is 0. The summed E-state index contributed by atoms with van der Waals surface area (Å²) >= 11 is 11.8. The smallest absolute Gasteiger partial charge is 0.267 e. The van der Waals surface area contributed by atoms with Gasteiger partial charge >= 0.3 is 0 Å². The lowest BCUT2D eigenvalue weighted by molar-refractivity contribution is -0.112. The molecule has 2 aromatic rings. The van der Waals surface area contributed by atoms with E-state index < -0.39 is 11.7 Å². The highest BCUT2D eigenvalue weighted by atomic mass is 35.5. The van der Waals surface area contributed by atoms with Crippen LogP contribution in [-0.2, 0) is 4.79 Å². The number of amides is 1. The molecular formula is C16H10Cl2FN3O. The van der Waals surface area contributed by atoms with E-state index in [1.54, 1.807) is 18.2 Å². The number of nitriles is 1. The van der Waals surface area contributed by atoms with Gasteiger partial charge in [-0.25, -0.2) is 4.39 Å². The van der Waals surface area contributed by atoms with E-state index >= 15 is 0 Å². The zero-order valence-electron chi connectivity index (χ0n) is 11.6. The first-order valence-corrected chi connectivity index (χ1v) is 7.14. The SMILES string of the molecule is N#C/C(=C/Nc1ccccc1F)C(=O)Nc1cc(Cl)ccc1Cl. The fraction of sp³-hybridized carbons (Fsp3) is 0. The normalized spacial score (nSPS) is 10.8. The van der Waals surface area contributed by atoms with Gasteiger partial charge in [-0.05, 0) is 30.3 Å². The maximum Gasteiger partial charge on any atom is 0.267 e. The second-order valence-corrected chi connectivity index (χ2v) is 5.22. The lowest BCUT2D eigenvalue weighted by atomic mass is 10.2. The summed E-state index contributed by atoms with van der Waals surface area (Å²) in [6.07, 6.45) is 1.12. The zero-order chi connectivity index (χ0) is 16.8. The van der Waals surface area contributed by atoms with Gasteiger partial charge in [0.2, 0.25) is 0 Å². The minimum atomic E-state index is -0.694. The van der Waals surface area contributed by atoms with Crippen LogP contribution in [0.15, 0.2) is 54.2 Å². The van der Waals surface area contributed by atoms with Crippen LogP contribution in [0.4, 0.5) is 15.8 Å². The average Bonchev–Trinajstić information content (AvgIpc) is 2.53. The number of nitrogens with zero attached hydrogens (tertiary/aromatic N) is 1. The van der Waals surface area contributed by atoms with E-state index in [9.17, 15) is 9.18 Å². The summed E-state index contributed by atoms with van der Waals surface area (Å²) in [5.74, 6) is -1.19. The van der Waals surface area contributed by atoms with Crippen LogP contribution in [0.3, 0.4) is 0 Å². The molecule has 0 radical (unpaired) electrons. The Morgan fingerprint density at radius 1 is 1.17 bits per heavy atom. The molecule has 0 aliphatic heterocycles. The van der Waals surface area contributed by atoms with E-state index in [4.69, 9.17) is 28.5 Å². The van der Waals surface area contributed by atoms with Crippen LogP contribution in [0.5, 0.6) is 0 Å². The van der Waals surface area contributed by atoms with Gasteiger partial charge in [-0.15, -0.1) is 0 Å². The number of para-hydroxylation sites is 1. The molecule has 7 heteroatoms. The van der Waals surface area contributed by atoms with Gasteiger partial charge in [0.05, 0.1) is 16.4 Å². The van der Waals surface area contributed by atoms with Gasteiger partial charge in [0.25, 0.3) is 5.91 Å². The molecule has 23 heavy (non-hydrogen) atoms. The van der Waals surface area contributed by atoms with Gasteiger partial charge in [0, 0.05) is 11.2 Å². The third kappa shape index (κ3) is 4.46. The molecule has 116 valence electrons. The number of hydrogen-bond donors (Lipinski definition) is 2. The number of rotatable bonds is 4. The number of benzene rings is 2. The third-order valence-electron chi connectivity index (χ3n) is 2.79. The number of carbonyl (C=O) groups is 1. The molecule has 2 N–H and O–H groups in total. The highest BCUT2D eigenvalue weighted by Crippen LogP contribution is 2.25. The van der Waals surface area contributed by atoms with Gasteiger partial charge in [0.15, 0.2) is 0 Å². The number of nitrogens with one attached hydrogen (secondary N) is 2. The Kier molecular flexibility index (Phi) is 5.58. The Morgan fingerprint density at radius 2 is 1.91 bits per heavy atom. The molecule has 0 spiro atoms. The first-order chi connectivity index (χ1) is 11.0. The summed E-state index contributed by atoms with van der Waals surface area (Å²) in [4.78, 5) is 12.1. The van der Waals surface area contributed by atoms with Gasteiger partial charge in [-0.1, -0.05) is 35.3 Å². The average molecular weight is 350 g/mol. The number of anilines is 2. The molecule has 1 amide bonds. The molecule has 0 heterocycles. The Morgan fingerprint density at radius 3 is 2.61 bits per heavy atom. The predicted octanol–water partition coefficient (Wildman–Crippen LogP) is 4.59. The van der Waals surface area contributed by atoms with Crippen molar-refractivity contribution in [3.63, 3.8) is 0 Å². The van der Waals surface area contributed by atoms with Crippen molar-refractivity contribution in [1.82, 2.24) is 0 Å². The highest BCUT2D eigenvalue weighted by molar-refractivity contribution is 6.35. The summed E-state index contributed by atoms with van der Waals surface area (Å²) in [6, 6.07) is 12.2. The second-order valence-electron chi connectivity index (χ2n) is 4.37. The summed E-state index contributed by atoms with van der Waals surface area (Å²) in [6.45, 7) is 0. The quantitative estimate of drug-likeness (QED) is 0.626. The van der Waals surface area contributed by atoms with Crippen LogP contribution in [-0.4, -0.2) is 5.91 Å². The van der Waals surface area contributed by atoms with Crippen molar-refractivity contribution in [3.05, 3.63) is 70.1 Å². The van der Waals surface area contributed by atoms with Crippen LogP contribution in [0.25, 0.3) is 0 Å². The molecule has 0 bridgehead atoms. The first kappa shape index (κ1) is 16.8. The lowest BCUT2D eigenvalue weighted by Gasteiger charge is -2.07. The van der Waals surface area contributed by atoms with Gasteiger partial charge < -0.3 is 10.6 Å². The molecule has 0 saturated heterocycles. The van der Waals surface area contributed by atoms with E-state index in [0.717, 1.165) is 6.20 Å². The Balaban J connectivity index is 2.16. The van der Waals surface area contributed by atoms with Crippen molar-refractivity contribution in [2.24, 2.45) is 0 Å². The van der Waals surface area contributed by atoms with E-state index in [1.807, 2.05) is 0 Å². The van der Waals surface area contributed by atoms with E-state index in [0.29, 0.717) is 5.02 Å². The summed E-state index contributed by atoms with van der Waals surface area (Å²) in [5, 5.41) is 14.8. The molecule has 0 aliphatic carbocycles. The summed E-state index contributed by atoms with van der Waals surface area (Å²) < 4.78 is 13.5. The molecule has 4 nitrogen and oxygen atoms in total. The first-order valence-electron chi connectivity index (χ1n) is 6.39. The molecule has 0 atom stereocenters. The minimum absolute atomic E-state index is 0.147. The van der Waals surface area contributed by atoms with Gasteiger partial charge in [0.1, 0.15) is 17.5 Å². The van der Waals surface area contributed by atoms with Gasteiger partial charge in [-0.2, -0.15) is 5.26 Å². The number of halogens is 3. The van der Waals surface area contributed by atoms with Crippen molar-refractivity contribution in [1.29, 1.82) is 5.26 Å². The monoisotopic (exact) mass is 349 g/mol. The fourth-order valence-corrected chi connectivity index (χ4v) is 2.00. The van der Waals surface area contributed by atoms with Crippen LogP contribution >= 0.6 is 23.2 Å².